The second-order valence-electron chi connectivity index (χ2n) is 5.57. The van der Waals surface area contributed by atoms with Gasteiger partial charge in [0.05, 0.1) is 12.6 Å². The average molecular weight is 289 g/mol. The Labute approximate surface area is 124 Å². The van der Waals surface area contributed by atoms with Gasteiger partial charge in [-0.1, -0.05) is 19.9 Å². The summed E-state index contributed by atoms with van der Waals surface area (Å²) in [7, 11) is 0. The summed E-state index contributed by atoms with van der Waals surface area (Å²) >= 11 is 0. The molecule has 2 heterocycles. The summed E-state index contributed by atoms with van der Waals surface area (Å²) in [5.41, 5.74) is 0.911. The average Bonchev–Trinajstić information content (AvgIpc) is 3.12. The lowest BCUT2D eigenvalue weighted by Gasteiger charge is -2.24. The minimum Gasteiger partial charge on any atom is -0.454 e. The number of rotatable bonds is 3. The number of benzene rings is 1. The topological polar surface area (TPSA) is 48.0 Å². The van der Waals surface area contributed by atoms with E-state index < -0.39 is 0 Å². The molecule has 1 saturated heterocycles. The summed E-state index contributed by atoms with van der Waals surface area (Å²) in [4.78, 5) is 14.0. The van der Waals surface area contributed by atoms with Crippen LogP contribution in [0.1, 0.15) is 19.4 Å². The predicted molar refractivity (Wildman–Crippen MR) is 77.9 cm³/mol. The van der Waals surface area contributed by atoms with E-state index in [1.807, 2.05) is 18.2 Å². The molecule has 0 aliphatic carbocycles. The van der Waals surface area contributed by atoms with Crippen molar-refractivity contribution < 1.29 is 19.0 Å². The highest BCUT2D eigenvalue weighted by atomic mass is 16.7. The zero-order valence-corrected chi connectivity index (χ0v) is 12.2. The summed E-state index contributed by atoms with van der Waals surface area (Å²) in [6, 6.07) is 5.77. The first-order valence-corrected chi connectivity index (χ1v) is 7.11. The van der Waals surface area contributed by atoms with E-state index in [1.54, 1.807) is 17.1 Å². The van der Waals surface area contributed by atoms with Gasteiger partial charge in [0.15, 0.2) is 11.5 Å². The third kappa shape index (κ3) is 2.88. The second-order valence-corrected chi connectivity index (χ2v) is 5.57. The molecule has 0 bridgehead atoms. The second kappa shape index (κ2) is 5.77. The van der Waals surface area contributed by atoms with Gasteiger partial charge in [0.25, 0.3) is 0 Å². The molecule has 2 aliphatic rings. The Balaban J connectivity index is 1.69. The number of fused-ring (bicyclic) bond motifs is 1. The van der Waals surface area contributed by atoms with E-state index in [0.29, 0.717) is 25.0 Å². The van der Waals surface area contributed by atoms with Gasteiger partial charge in [0.2, 0.25) is 12.7 Å². The molecule has 112 valence electrons. The highest BCUT2D eigenvalue weighted by Gasteiger charge is 2.30. The van der Waals surface area contributed by atoms with E-state index in [4.69, 9.17) is 14.2 Å². The normalized spacial score (nSPS) is 20.7. The zero-order valence-electron chi connectivity index (χ0n) is 12.2. The Morgan fingerprint density at radius 2 is 2.14 bits per heavy atom. The molecule has 1 aromatic rings. The smallest absolute Gasteiger partial charge is 0.248 e. The van der Waals surface area contributed by atoms with Crippen molar-refractivity contribution in [1.82, 2.24) is 4.90 Å². The van der Waals surface area contributed by atoms with Crippen molar-refractivity contribution >= 4 is 12.0 Å². The monoisotopic (exact) mass is 289 g/mol. The van der Waals surface area contributed by atoms with Gasteiger partial charge < -0.3 is 19.1 Å². The zero-order chi connectivity index (χ0) is 14.8. The Morgan fingerprint density at radius 3 is 2.95 bits per heavy atom. The molecule has 0 aromatic heterocycles. The van der Waals surface area contributed by atoms with E-state index >= 15 is 0 Å². The van der Waals surface area contributed by atoms with Crippen LogP contribution >= 0.6 is 0 Å². The van der Waals surface area contributed by atoms with E-state index in [9.17, 15) is 4.79 Å². The quantitative estimate of drug-likeness (QED) is 0.801. The Morgan fingerprint density at radius 1 is 1.33 bits per heavy atom. The SMILES string of the molecule is CC(C)[C@H]1COCN1C(=O)/C=C/c1ccc2c(c1)OCO2. The molecule has 0 N–H and O–H groups in total. The van der Waals surface area contributed by atoms with Crippen LogP contribution in [0.5, 0.6) is 11.5 Å². The molecule has 0 spiro atoms. The van der Waals surface area contributed by atoms with E-state index in [0.717, 1.165) is 11.3 Å². The Bertz CT molecular complexity index is 567. The molecule has 2 aliphatic heterocycles. The minimum atomic E-state index is -0.0242. The molecule has 1 aromatic carbocycles. The third-order valence-corrected chi connectivity index (χ3v) is 3.79. The molecular formula is C16H19NO4. The molecule has 0 unspecified atom stereocenters. The summed E-state index contributed by atoms with van der Waals surface area (Å²) in [5, 5.41) is 0. The lowest BCUT2D eigenvalue weighted by molar-refractivity contribution is -0.128. The van der Waals surface area contributed by atoms with Gasteiger partial charge in [-0.15, -0.1) is 0 Å². The molecule has 21 heavy (non-hydrogen) atoms. The van der Waals surface area contributed by atoms with Gasteiger partial charge in [-0.05, 0) is 29.7 Å². The lowest BCUT2D eigenvalue weighted by atomic mass is 10.0. The molecule has 5 heteroatoms. The maximum Gasteiger partial charge on any atom is 0.248 e. The molecular weight excluding hydrogens is 270 g/mol. The fraction of sp³-hybridized carbons (Fsp3) is 0.438. The molecule has 1 amide bonds. The summed E-state index contributed by atoms with van der Waals surface area (Å²) in [6.07, 6.45) is 3.38. The highest BCUT2D eigenvalue weighted by Crippen LogP contribution is 2.32. The van der Waals surface area contributed by atoms with Crippen LogP contribution in [0.2, 0.25) is 0 Å². The van der Waals surface area contributed by atoms with Crippen LogP contribution in [0.25, 0.3) is 6.08 Å². The van der Waals surface area contributed by atoms with Crippen LogP contribution in [0.4, 0.5) is 0 Å². The molecule has 5 nitrogen and oxygen atoms in total. The lowest BCUT2D eigenvalue weighted by Crippen LogP contribution is -2.38. The number of hydrogen-bond acceptors (Lipinski definition) is 4. The van der Waals surface area contributed by atoms with Gasteiger partial charge in [0.1, 0.15) is 6.73 Å². The molecule has 3 rings (SSSR count). The van der Waals surface area contributed by atoms with E-state index in [1.165, 1.54) is 0 Å². The highest BCUT2D eigenvalue weighted by molar-refractivity contribution is 5.92. The number of hydrogen-bond donors (Lipinski definition) is 0. The Hall–Kier alpha value is -2.01. The van der Waals surface area contributed by atoms with Crippen LogP contribution in [0, 0.1) is 5.92 Å². The number of amides is 1. The van der Waals surface area contributed by atoms with E-state index in [-0.39, 0.29) is 18.7 Å². The fourth-order valence-electron chi connectivity index (χ4n) is 2.52. The number of nitrogens with zero attached hydrogens (tertiary/aromatic N) is 1. The molecule has 1 atom stereocenters. The Kier molecular flexibility index (Phi) is 3.84. The fourth-order valence-corrected chi connectivity index (χ4v) is 2.52. The first-order valence-electron chi connectivity index (χ1n) is 7.11. The van der Waals surface area contributed by atoms with Crippen molar-refractivity contribution in [2.45, 2.75) is 19.9 Å². The molecule has 0 radical (unpaired) electrons. The van der Waals surface area contributed by atoms with Gasteiger partial charge in [-0.2, -0.15) is 0 Å². The van der Waals surface area contributed by atoms with Gasteiger partial charge in [-0.25, -0.2) is 0 Å². The number of carbonyl (C=O) groups is 1. The van der Waals surface area contributed by atoms with Gasteiger partial charge in [0, 0.05) is 6.08 Å². The number of carbonyl (C=O) groups excluding carboxylic acids is 1. The maximum atomic E-state index is 12.3. The van der Waals surface area contributed by atoms with Crippen molar-refractivity contribution in [3.05, 3.63) is 29.8 Å². The van der Waals surface area contributed by atoms with Crippen molar-refractivity contribution in [3.8, 4) is 11.5 Å². The molecule has 0 saturated carbocycles. The summed E-state index contributed by atoms with van der Waals surface area (Å²) in [6.45, 7) is 5.43. The number of ether oxygens (including phenoxy) is 3. The van der Waals surface area contributed by atoms with Crippen LogP contribution in [-0.2, 0) is 9.53 Å². The predicted octanol–water partition coefficient (Wildman–Crippen LogP) is 2.27. The van der Waals surface area contributed by atoms with Crippen molar-refractivity contribution in [2.75, 3.05) is 20.1 Å². The summed E-state index contributed by atoms with van der Waals surface area (Å²) < 4.78 is 16.0. The van der Waals surface area contributed by atoms with Crippen molar-refractivity contribution in [3.63, 3.8) is 0 Å². The van der Waals surface area contributed by atoms with E-state index in [2.05, 4.69) is 13.8 Å². The van der Waals surface area contributed by atoms with Gasteiger partial charge in [-0.3, -0.25) is 4.79 Å². The van der Waals surface area contributed by atoms with Gasteiger partial charge >= 0.3 is 0 Å². The van der Waals surface area contributed by atoms with Crippen LogP contribution in [0.3, 0.4) is 0 Å². The first-order chi connectivity index (χ1) is 10.1. The standard InChI is InChI=1S/C16H19NO4/c1-11(2)13-8-19-9-17(13)16(18)6-4-12-3-5-14-15(7-12)21-10-20-14/h3-7,11,13H,8-10H2,1-2H3/b6-4+/t13-/m1/s1. The third-order valence-electron chi connectivity index (χ3n) is 3.79. The maximum absolute atomic E-state index is 12.3. The first kappa shape index (κ1) is 13.9. The van der Waals surface area contributed by atoms with Crippen molar-refractivity contribution in [2.24, 2.45) is 5.92 Å². The van der Waals surface area contributed by atoms with Crippen LogP contribution in [-0.4, -0.2) is 37.0 Å². The largest absolute Gasteiger partial charge is 0.454 e. The van der Waals surface area contributed by atoms with Crippen molar-refractivity contribution in [1.29, 1.82) is 0 Å². The van der Waals surface area contributed by atoms with Crippen LogP contribution < -0.4 is 9.47 Å². The minimum absolute atomic E-state index is 0.0242. The van der Waals surface area contributed by atoms with Crippen LogP contribution in [0.15, 0.2) is 24.3 Å². The molecule has 1 fully saturated rings. The summed E-state index contributed by atoms with van der Waals surface area (Å²) in [5.74, 6) is 1.82.